The highest BCUT2D eigenvalue weighted by molar-refractivity contribution is 5.64. The third-order valence-corrected chi connectivity index (χ3v) is 3.18. The monoisotopic (exact) mass is 343 g/mol. The van der Waals surface area contributed by atoms with Crippen LogP contribution in [0, 0.1) is 11.6 Å². The van der Waals surface area contributed by atoms with Gasteiger partial charge < -0.3 is 15.4 Å². The summed E-state index contributed by atoms with van der Waals surface area (Å²) in [4.78, 5) is 4.25. The Morgan fingerprint density at radius 1 is 1.04 bits per heavy atom. The van der Waals surface area contributed by atoms with E-state index >= 15 is 0 Å². The van der Waals surface area contributed by atoms with Crippen molar-refractivity contribution in [3.63, 3.8) is 0 Å². The minimum Gasteiger partial charge on any atom is -0.492 e. The molecular weight excluding hydrogens is 328 g/mol. The summed E-state index contributed by atoms with van der Waals surface area (Å²) in [5.74, 6) is -0.638. The van der Waals surface area contributed by atoms with E-state index in [9.17, 15) is 8.78 Å². The molecule has 25 heavy (non-hydrogen) atoms. The van der Waals surface area contributed by atoms with Gasteiger partial charge in [0.15, 0.2) is 17.5 Å². The van der Waals surface area contributed by atoms with E-state index in [1.165, 1.54) is 12.3 Å². The summed E-state index contributed by atoms with van der Waals surface area (Å²) >= 11 is 0. The molecule has 0 amide bonds. The summed E-state index contributed by atoms with van der Waals surface area (Å²) in [6.45, 7) is 2.43. The standard InChI is InChI=1S/C17H15F2N5O/c1-2-25-15-6-4-3-5-14(15)22-16-10-20-24-17(23-16)21-11-7-8-12(18)13(19)9-11/h3-10H,2H2,1H3,(H2,21,22,23,24). The van der Waals surface area contributed by atoms with Gasteiger partial charge in [-0.3, -0.25) is 0 Å². The first kappa shape index (κ1) is 16.6. The Kier molecular flexibility index (Phi) is 4.98. The summed E-state index contributed by atoms with van der Waals surface area (Å²) in [6.07, 6.45) is 1.44. The second-order valence-electron chi connectivity index (χ2n) is 4.97. The highest BCUT2D eigenvalue weighted by Crippen LogP contribution is 2.26. The molecule has 0 aliphatic carbocycles. The molecule has 0 spiro atoms. The molecule has 0 unspecified atom stereocenters. The number of ether oxygens (including phenoxy) is 1. The van der Waals surface area contributed by atoms with Gasteiger partial charge in [-0.05, 0) is 31.2 Å². The first-order valence-electron chi connectivity index (χ1n) is 7.56. The zero-order chi connectivity index (χ0) is 17.6. The Bertz CT molecular complexity index is 875. The Hall–Kier alpha value is -3.29. The summed E-state index contributed by atoms with van der Waals surface area (Å²) in [5.41, 5.74) is 1.04. The molecule has 0 fully saturated rings. The van der Waals surface area contributed by atoms with Gasteiger partial charge in [-0.1, -0.05) is 12.1 Å². The lowest BCUT2D eigenvalue weighted by molar-refractivity contribution is 0.342. The fraction of sp³-hybridized carbons (Fsp3) is 0.118. The van der Waals surface area contributed by atoms with Crippen LogP contribution in [0.3, 0.4) is 0 Å². The van der Waals surface area contributed by atoms with Gasteiger partial charge in [-0.15, -0.1) is 5.10 Å². The van der Waals surface area contributed by atoms with E-state index in [2.05, 4.69) is 25.8 Å². The van der Waals surface area contributed by atoms with Gasteiger partial charge in [0.25, 0.3) is 0 Å². The number of nitrogens with zero attached hydrogens (tertiary/aromatic N) is 3. The molecule has 0 atom stereocenters. The van der Waals surface area contributed by atoms with Gasteiger partial charge in [0.1, 0.15) is 5.75 Å². The van der Waals surface area contributed by atoms with Crippen molar-refractivity contribution < 1.29 is 13.5 Å². The van der Waals surface area contributed by atoms with Gasteiger partial charge in [-0.25, -0.2) is 8.78 Å². The van der Waals surface area contributed by atoms with Crippen molar-refractivity contribution in [2.45, 2.75) is 6.92 Å². The van der Waals surface area contributed by atoms with E-state index in [0.29, 0.717) is 23.9 Å². The number of hydrogen-bond donors (Lipinski definition) is 2. The van der Waals surface area contributed by atoms with Crippen molar-refractivity contribution in [1.82, 2.24) is 15.2 Å². The van der Waals surface area contributed by atoms with Gasteiger partial charge in [0, 0.05) is 11.8 Å². The molecule has 0 saturated carbocycles. The van der Waals surface area contributed by atoms with Crippen LogP contribution in [0.25, 0.3) is 0 Å². The fourth-order valence-electron chi connectivity index (χ4n) is 2.11. The maximum absolute atomic E-state index is 13.3. The molecule has 1 aromatic heterocycles. The van der Waals surface area contributed by atoms with E-state index in [4.69, 9.17) is 4.74 Å². The molecule has 0 aliphatic rings. The summed E-state index contributed by atoms with van der Waals surface area (Å²) in [7, 11) is 0. The second-order valence-corrected chi connectivity index (χ2v) is 4.97. The molecule has 1 heterocycles. The summed E-state index contributed by atoms with van der Waals surface area (Å²) in [6, 6.07) is 10.8. The second kappa shape index (κ2) is 7.52. The van der Waals surface area contributed by atoms with Crippen molar-refractivity contribution in [3.8, 4) is 5.75 Å². The van der Waals surface area contributed by atoms with Gasteiger partial charge in [-0.2, -0.15) is 10.1 Å². The van der Waals surface area contributed by atoms with Crippen LogP contribution in [0.1, 0.15) is 6.92 Å². The molecule has 0 aliphatic heterocycles. The highest BCUT2D eigenvalue weighted by atomic mass is 19.2. The summed E-state index contributed by atoms with van der Waals surface area (Å²) in [5, 5.41) is 13.5. The minimum atomic E-state index is -0.960. The number of benzene rings is 2. The number of nitrogens with one attached hydrogen (secondary N) is 2. The van der Waals surface area contributed by atoms with Gasteiger partial charge in [0.05, 0.1) is 18.5 Å². The lowest BCUT2D eigenvalue weighted by Gasteiger charge is -2.12. The summed E-state index contributed by atoms with van der Waals surface area (Å²) < 4.78 is 31.8. The van der Waals surface area contributed by atoms with Crippen LogP contribution in [0.4, 0.5) is 31.9 Å². The maximum atomic E-state index is 13.3. The lowest BCUT2D eigenvalue weighted by Crippen LogP contribution is -2.04. The zero-order valence-corrected chi connectivity index (χ0v) is 13.3. The topological polar surface area (TPSA) is 72.0 Å². The third-order valence-electron chi connectivity index (χ3n) is 3.18. The van der Waals surface area contributed by atoms with Crippen LogP contribution >= 0.6 is 0 Å². The SMILES string of the molecule is CCOc1ccccc1Nc1cnnc(Nc2ccc(F)c(F)c2)n1. The normalized spacial score (nSPS) is 10.4. The largest absolute Gasteiger partial charge is 0.492 e. The first-order chi connectivity index (χ1) is 12.2. The maximum Gasteiger partial charge on any atom is 0.249 e. The number of hydrogen-bond acceptors (Lipinski definition) is 6. The molecular formula is C17H15F2N5O. The average molecular weight is 343 g/mol. The average Bonchev–Trinajstić information content (AvgIpc) is 2.61. The van der Waals surface area contributed by atoms with E-state index in [0.717, 1.165) is 17.8 Å². The van der Waals surface area contributed by atoms with Crippen LogP contribution in [0.2, 0.25) is 0 Å². The van der Waals surface area contributed by atoms with Crippen LogP contribution in [0.5, 0.6) is 5.75 Å². The Morgan fingerprint density at radius 2 is 1.88 bits per heavy atom. The highest BCUT2D eigenvalue weighted by Gasteiger charge is 2.07. The van der Waals surface area contributed by atoms with Gasteiger partial charge in [0.2, 0.25) is 5.95 Å². The predicted octanol–water partition coefficient (Wildman–Crippen LogP) is 4.04. The quantitative estimate of drug-likeness (QED) is 0.704. The number of anilines is 4. The molecule has 6 nitrogen and oxygen atoms in total. The molecule has 8 heteroatoms. The molecule has 3 aromatic rings. The molecule has 2 N–H and O–H groups in total. The van der Waals surface area contributed by atoms with E-state index in [1.807, 2.05) is 31.2 Å². The van der Waals surface area contributed by atoms with Gasteiger partial charge >= 0.3 is 0 Å². The molecule has 0 radical (unpaired) electrons. The van der Waals surface area contributed by atoms with Crippen LogP contribution in [-0.4, -0.2) is 21.8 Å². The number of para-hydroxylation sites is 2. The predicted molar refractivity (Wildman–Crippen MR) is 90.4 cm³/mol. The van der Waals surface area contributed by atoms with E-state index in [1.54, 1.807) is 0 Å². The molecule has 128 valence electrons. The minimum absolute atomic E-state index is 0.143. The van der Waals surface area contributed by atoms with Crippen LogP contribution in [-0.2, 0) is 0 Å². The lowest BCUT2D eigenvalue weighted by atomic mass is 10.3. The zero-order valence-electron chi connectivity index (χ0n) is 13.3. The number of halogens is 2. The van der Waals surface area contributed by atoms with Crippen molar-refractivity contribution in [3.05, 3.63) is 60.3 Å². The van der Waals surface area contributed by atoms with Crippen molar-refractivity contribution >= 4 is 23.1 Å². The van der Waals surface area contributed by atoms with Crippen molar-refractivity contribution in [2.24, 2.45) is 0 Å². The first-order valence-corrected chi connectivity index (χ1v) is 7.56. The van der Waals surface area contributed by atoms with E-state index < -0.39 is 11.6 Å². The fourth-order valence-corrected chi connectivity index (χ4v) is 2.11. The molecule has 0 saturated heterocycles. The number of rotatable bonds is 6. The van der Waals surface area contributed by atoms with Crippen molar-refractivity contribution in [2.75, 3.05) is 17.2 Å². The van der Waals surface area contributed by atoms with Crippen LogP contribution in [0.15, 0.2) is 48.7 Å². The van der Waals surface area contributed by atoms with Crippen molar-refractivity contribution in [1.29, 1.82) is 0 Å². The molecule has 2 aromatic carbocycles. The molecule has 0 bridgehead atoms. The smallest absolute Gasteiger partial charge is 0.249 e. The van der Waals surface area contributed by atoms with E-state index in [-0.39, 0.29) is 5.95 Å². The Labute approximate surface area is 142 Å². The van der Waals surface area contributed by atoms with Crippen LogP contribution < -0.4 is 15.4 Å². The third kappa shape index (κ3) is 4.17. The molecule has 3 rings (SSSR count). The Balaban J connectivity index is 1.78. The Morgan fingerprint density at radius 3 is 2.68 bits per heavy atom. The number of aromatic nitrogens is 3.